The molecule has 0 aliphatic rings. The molecule has 0 amide bonds. The fraction of sp³-hybridized carbons (Fsp3) is 0. The third-order valence-corrected chi connectivity index (χ3v) is 8.81. The van der Waals surface area contributed by atoms with Crippen molar-refractivity contribution in [3.63, 3.8) is 0 Å². The summed E-state index contributed by atoms with van der Waals surface area (Å²) in [7, 11) is 0. The van der Waals surface area contributed by atoms with Crippen molar-refractivity contribution in [2.45, 2.75) is 0 Å². The Labute approximate surface area is 272 Å². The Kier molecular flexibility index (Phi) is 6.43. The summed E-state index contributed by atoms with van der Waals surface area (Å²) in [6.07, 6.45) is 2.23. The lowest BCUT2D eigenvalue weighted by Crippen LogP contribution is -1.96. The Bertz CT molecular complexity index is 2500. The molecule has 9 rings (SSSR count). The fourth-order valence-electron chi connectivity index (χ4n) is 6.48. The maximum Gasteiger partial charge on any atom is 0.160 e. The Hall–Kier alpha value is -6.39. The lowest BCUT2D eigenvalue weighted by molar-refractivity contribution is 1.18. The second-order valence-electron chi connectivity index (χ2n) is 11.7. The number of pyridine rings is 1. The first kappa shape index (κ1) is 27.0. The molecule has 0 aliphatic carbocycles. The number of benzene rings is 6. The molecule has 220 valence electrons. The van der Waals surface area contributed by atoms with Crippen LogP contribution in [-0.2, 0) is 0 Å². The monoisotopic (exact) mass is 600 g/mol. The highest BCUT2D eigenvalue weighted by Crippen LogP contribution is 2.35. The first-order valence-corrected chi connectivity index (χ1v) is 15.8. The average molecular weight is 601 g/mol. The van der Waals surface area contributed by atoms with Crippen LogP contribution in [0.1, 0.15) is 0 Å². The average Bonchev–Trinajstić information content (AvgIpc) is 3.53. The summed E-state index contributed by atoms with van der Waals surface area (Å²) in [5, 5.41) is 2.34. The van der Waals surface area contributed by atoms with Crippen molar-refractivity contribution < 1.29 is 0 Å². The summed E-state index contributed by atoms with van der Waals surface area (Å²) in [5.41, 5.74) is 12.5. The molecule has 0 fully saturated rings. The van der Waals surface area contributed by atoms with Crippen molar-refractivity contribution in [1.29, 1.82) is 0 Å². The second kappa shape index (κ2) is 11.2. The molecule has 47 heavy (non-hydrogen) atoms. The van der Waals surface area contributed by atoms with Crippen molar-refractivity contribution in [3.05, 3.63) is 170 Å². The molecule has 0 atom stereocenters. The summed E-state index contributed by atoms with van der Waals surface area (Å²) in [6.45, 7) is 0. The largest absolute Gasteiger partial charge is 0.298 e. The van der Waals surface area contributed by atoms with E-state index in [9.17, 15) is 0 Å². The van der Waals surface area contributed by atoms with Gasteiger partial charge in [-0.05, 0) is 46.3 Å². The summed E-state index contributed by atoms with van der Waals surface area (Å²) >= 11 is 0. The van der Waals surface area contributed by atoms with Gasteiger partial charge in [0.1, 0.15) is 5.65 Å². The number of hydrogen-bond acceptors (Lipinski definition) is 3. The molecule has 4 heteroatoms. The number of rotatable bonds is 5. The minimum atomic E-state index is 0.709. The lowest BCUT2D eigenvalue weighted by Gasteiger charge is -2.11. The molecular weight excluding hydrogens is 573 g/mol. The smallest absolute Gasteiger partial charge is 0.160 e. The Morgan fingerprint density at radius 2 is 0.957 bits per heavy atom. The number of nitrogens with zero attached hydrogens (tertiary/aromatic N) is 4. The molecule has 3 aromatic heterocycles. The number of hydrogen-bond donors (Lipinski definition) is 0. The summed E-state index contributed by atoms with van der Waals surface area (Å²) in [6, 6.07) is 56.8. The van der Waals surface area contributed by atoms with E-state index in [2.05, 4.69) is 138 Å². The van der Waals surface area contributed by atoms with Gasteiger partial charge < -0.3 is 0 Å². The number of imidazole rings is 1. The van der Waals surface area contributed by atoms with Crippen LogP contribution in [0.25, 0.3) is 83.6 Å². The molecule has 4 nitrogen and oxygen atoms in total. The van der Waals surface area contributed by atoms with E-state index in [1.165, 1.54) is 16.5 Å². The van der Waals surface area contributed by atoms with Gasteiger partial charge in [0, 0.05) is 33.8 Å². The van der Waals surface area contributed by atoms with Crippen LogP contribution in [-0.4, -0.2) is 19.4 Å². The highest BCUT2D eigenvalue weighted by molar-refractivity contribution is 6.05. The van der Waals surface area contributed by atoms with E-state index in [0.717, 1.165) is 61.3 Å². The Morgan fingerprint density at radius 3 is 1.70 bits per heavy atom. The van der Waals surface area contributed by atoms with Crippen LogP contribution in [0.5, 0.6) is 0 Å². The molecule has 6 aromatic carbocycles. The van der Waals surface area contributed by atoms with Crippen LogP contribution < -0.4 is 0 Å². The van der Waals surface area contributed by atoms with Crippen molar-refractivity contribution in [2.75, 3.05) is 0 Å². The summed E-state index contributed by atoms with van der Waals surface area (Å²) in [5.74, 6) is 0.709. The molecule has 3 heterocycles. The van der Waals surface area contributed by atoms with Gasteiger partial charge in [-0.2, -0.15) is 0 Å². The summed E-state index contributed by atoms with van der Waals surface area (Å²) in [4.78, 5) is 15.2. The van der Waals surface area contributed by atoms with Gasteiger partial charge in [-0.25, -0.2) is 15.0 Å². The number of fused-ring (bicyclic) bond motifs is 5. The van der Waals surface area contributed by atoms with E-state index < -0.39 is 0 Å². The normalized spacial score (nSPS) is 11.4. The minimum Gasteiger partial charge on any atom is -0.298 e. The molecule has 0 saturated heterocycles. The predicted octanol–water partition coefficient (Wildman–Crippen LogP) is 10.8. The van der Waals surface area contributed by atoms with Crippen molar-refractivity contribution in [1.82, 2.24) is 19.4 Å². The third kappa shape index (κ3) is 4.84. The molecule has 0 bridgehead atoms. The molecule has 0 radical (unpaired) electrons. The predicted molar refractivity (Wildman–Crippen MR) is 193 cm³/mol. The SMILES string of the molecule is c1ccc(-c2cc(-c3cccc(-c4ccc5c(c4)nc4c6ccccc6c(-c6ccccc6)cn54)c3)nc(-c3ccccc3)n2)cc1. The Morgan fingerprint density at radius 1 is 0.383 bits per heavy atom. The fourth-order valence-corrected chi connectivity index (χ4v) is 6.48. The Balaban J connectivity index is 1.17. The lowest BCUT2D eigenvalue weighted by atomic mass is 10.00. The van der Waals surface area contributed by atoms with Gasteiger partial charge in [0.15, 0.2) is 5.82 Å². The van der Waals surface area contributed by atoms with Crippen LogP contribution in [0.15, 0.2) is 170 Å². The van der Waals surface area contributed by atoms with Crippen LogP contribution in [0.4, 0.5) is 0 Å². The summed E-state index contributed by atoms with van der Waals surface area (Å²) < 4.78 is 2.23. The van der Waals surface area contributed by atoms with E-state index in [0.29, 0.717) is 5.82 Å². The number of aromatic nitrogens is 4. The first-order chi connectivity index (χ1) is 23.3. The molecule has 0 saturated carbocycles. The van der Waals surface area contributed by atoms with E-state index in [1.54, 1.807) is 0 Å². The highest BCUT2D eigenvalue weighted by atomic mass is 15.0. The highest BCUT2D eigenvalue weighted by Gasteiger charge is 2.15. The first-order valence-electron chi connectivity index (χ1n) is 15.8. The zero-order valence-corrected chi connectivity index (χ0v) is 25.5. The quantitative estimate of drug-likeness (QED) is 0.197. The topological polar surface area (TPSA) is 43.1 Å². The van der Waals surface area contributed by atoms with E-state index in [4.69, 9.17) is 15.0 Å². The van der Waals surface area contributed by atoms with E-state index in [1.807, 2.05) is 36.4 Å². The van der Waals surface area contributed by atoms with Gasteiger partial charge in [0.05, 0.1) is 22.4 Å². The molecule has 0 unspecified atom stereocenters. The standard InChI is InChI=1S/C43H28N4/c1-4-13-29(14-5-1)37-28-47-41-24-23-33(26-40(41)46-43(47)36-22-11-10-21-35(36)37)32-19-12-20-34(25-32)39-27-38(30-15-6-2-7-16-30)44-42(45-39)31-17-8-3-9-18-31/h1-28H. The third-order valence-electron chi connectivity index (χ3n) is 8.81. The van der Waals surface area contributed by atoms with Crippen molar-refractivity contribution in [2.24, 2.45) is 0 Å². The molecule has 0 spiro atoms. The minimum absolute atomic E-state index is 0.709. The van der Waals surface area contributed by atoms with E-state index >= 15 is 0 Å². The zero-order valence-electron chi connectivity index (χ0n) is 25.5. The maximum atomic E-state index is 5.18. The van der Waals surface area contributed by atoms with Crippen LogP contribution in [0, 0.1) is 0 Å². The van der Waals surface area contributed by atoms with E-state index in [-0.39, 0.29) is 0 Å². The van der Waals surface area contributed by atoms with Crippen molar-refractivity contribution >= 4 is 27.5 Å². The molecule has 0 aliphatic heterocycles. The van der Waals surface area contributed by atoms with Gasteiger partial charge in [0.25, 0.3) is 0 Å². The van der Waals surface area contributed by atoms with Crippen LogP contribution >= 0.6 is 0 Å². The van der Waals surface area contributed by atoms with Crippen LogP contribution in [0.3, 0.4) is 0 Å². The maximum absolute atomic E-state index is 5.18. The van der Waals surface area contributed by atoms with Gasteiger partial charge in [-0.15, -0.1) is 0 Å². The second-order valence-corrected chi connectivity index (χ2v) is 11.7. The molecule has 0 N–H and O–H groups in total. The van der Waals surface area contributed by atoms with Gasteiger partial charge in [0.2, 0.25) is 0 Å². The zero-order chi connectivity index (χ0) is 31.2. The van der Waals surface area contributed by atoms with Gasteiger partial charge in [-0.3, -0.25) is 4.40 Å². The molecule has 9 aromatic rings. The molecular formula is C43H28N4. The van der Waals surface area contributed by atoms with Gasteiger partial charge >= 0.3 is 0 Å². The van der Waals surface area contributed by atoms with Gasteiger partial charge in [-0.1, -0.05) is 140 Å². The van der Waals surface area contributed by atoms with Crippen molar-refractivity contribution in [3.8, 4) is 56.2 Å². The van der Waals surface area contributed by atoms with Crippen LogP contribution in [0.2, 0.25) is 0 Å².